The number of ether oxygens (including phenoxy) is 3. The molecule has 0 radical (unpaired) electrons. The minimum atomic E-state index is -0.690. The predicted octanol–water partition coefficient (Wildman–Crippen LogP) is 3.23. The first-order chi connectivity index (χ1) is 11.1. The van der Waals surface area contributed by atoms with Crippen molar-refractivity contribution in [3.05, 3.63) is 53.6 Å². The molecule has 0 amide bonds. The van der Waals surface area contributed by atoms with Crippen LogP contribution >= 0.6 is 0 Å². The molecular weight excluding hydrogens is 294 g/mol. The Morgan fingerprint density at radius 1 is 1.04 bits per heavy atom. The lowest BCUT2D eigenvalue weighted by molar-refractivity contribution is 0.0814. The summed E-state index contributed by atoms with van der Waals surface area (Å²) in [4.78, 5) is 12.4. The Morgan fingerprint density at radius 2 is 1.74 bits per heavy atom. The molecule has 2 aromatic rings. The zero-order chi connectivity index (χ0) is 16.8. The quantitative estimate of drug-likeness (QED) is 0.766. The van der Waals surface area contributed by atoms with Crippen molar-refractivity contribution in [1.82, 2.24) is 0 Å². The highest BCUT2D eigenvalue weighted by Crippen LogP contribution is 2.29. The average Bonchev–Trinajstić information content (AvgIpc) is 2.61. The first-order valence-corrected chi connectivity index (χ1v) is 7.02. The lowest BCUT2D eigenvalue weighted by Gasteiger charge is -2.16. The Hall–Kier alpha value is -3.00. The Bertz CT molecular complexity index is 732. The standard InChI is InChI=1S/C18H17NO4/c1-12(18(20)14-5-7-15(21-2)8-6-14)23-16-9-4-13(11-19)10-17(16)22-3/h4-10,12H,1-3H3. The van der Waals surface area contributed by atoms with Gasteiger partial charge in [-0.05, 0) is 43.3 Å². The van der Waals surface area contributed by atoms with Crippen LogP contribution in [0.1, 0.15) is 22.8 Å². The second-order valence-corrected chi connectivity index (χ2v) is 4.83. The van der Waals surface area contributed by atoms with Gasteiger partial charge in [0.1, 0.15) is 5.75 Å². The number of carbonyl (C=O) groups excluding carboxylic acids is 1. The van der Waals surface area contributed by atoms with E-state index in [1.807, 2.05) is 6.07 Å². The number of Topliss-reactive ketones (excluding diaryl/α,β-unsaturated/α-hetero) is 1. The van der Waals surface area contributed by atoms with Gasteiger partial charge in [0, 0.05) is 11.6 Å². The van der Waals surface area contributed by atoms with Crippen molar-refractivity contribution in [2.75, 3.05) is 14.2 Å². The van der Waals surface area contributed by atoms with E-state index in [-0.39, 0.29) is 5.78 Å². The third kappa shape index (κ3) is 3.80. The molecule has 0 saturated carbocycles. The molecule has 0 N–H and O–H groups in total. The van der Waals surface area contributed by atoms with Gasteiger partial charge in [0.15, 0.2) is 17.6 Å². The van der Waals surface area contributed by atoms with Crippen LogP contribution in [0.3, 0.4) is 0 Å². The van der Waals surface area contributed by atoms with E-state index in [1.54, 1.807) is 56.5 Å². The van der Waals surface area contributed by atoms with Crippen LogP contribution in [0.25, 0.3) is 0 Å². The summed E-state index contributed by atoms with van der Waals surface area (Å²) in [5.74, 6) is 1.36. The lowest BCUT2D eigenvalue weighted by Crippen LogP contribution is -2.24. The van der Waals surface area contributed by atoms with Crippen molar-refractivity contribution in [3.8, 4) is 23.3 Å². The summed E-state index contributed by atoms with van der Waals surface area (Å²) >= 11 is 0. The van der Waals surface area contributed by atoms with E-state index < -0.39 is 6.10 Å². The molecule has 2 rings (SSSR count). The molecule has 0 spiro atoms. The predicted molar refractivity (Wildman–Crippen MR) is 85.1 cm³/mol. The maximum Gasteiger partial charge on any atom is 0.203 e. The second-order valence-electron chi connectivity index (χ2n) is 4.83. The van der Waals surface area contributed by atoms with Crippen molar-refractivity contribution in [2.24, 2.45) is 0 Å². The first kappa shape index (κ1) is 16.4. The molecule has 2 aromatic carbocycles. The molecule has 0 bridgehead atoms. The molecule has 5 heteroatoms. The fourth-order valence-corrected chi connectivity index (χ4v) is 2.07. The van der Waals surface area contributed by atoms with Gasteiger partial charge in [-0.25, -0.2) is 0 Å². The van der Waals surface area contributed by atoms with Gasteiger partial charge in [-0.3, -0.25) is 4.79 Å². The van der Waals surface area contributed by atoms with Crippen molar-refractivity contribution < 1.29 is 19.0 Å². The number of nitriles is 1. The van der Waals surface area contributed by atoms with Crippen LogP contribution in [0.5, 0.6) is 17.2 Å². The minimum Gasteiger partial charge on any atom is -0.497 e. The molecule has 5 nitrogen and oxygen atoms in total. The van der Waals surface area contributed by atoms with Gasteiger partial charge in [0.05, 0.1) is 25.9 Å². The molecule has 1 unspecified atom stereocenters. The molecule has 0 saturated heterocycles. The average molecular weight is 311 g/mol. The fourth-order valence-electron chi connectivity index (χ4n) is 2.07. The van der Waals surface area contributed by atoms with E-state index in [2.05, 4.69) is 0 Å². The highest BCUT2D eigenvalue weighted by atomic mass is 16.5. The number of benzene rings is 2. The van der Waals surface area contributed by atoms with Crippen molar-refractivity contribution in [3.63, 3.8) is 0 Å². The Labute approximate surface area is 135 Å². The number of nitrogens with zero attached hydrogens (tertiary/aromatic N) is 1. The summed E-state index contributed by atoms with van der Waals surface area (Å²) in [6.45, 7) is 1.67. The SMILES string of the molecule is COc1ccc(C(=O)C(C)Oc2ccc(C#N)cc2OC)cc1. The summed E-state index contributed by atoms with van der Waals surface area (Å²) in [6, 6.07) is 13.7. The van der Waals surface area contributed by atoms with Crippen molar-refractivity contribution in [2.45, 2.75) is 13.0 Å². The monoisotopic (exact) mass is 311 g/mol. The van der Waals surface area contributed by atoms with E-state index in [0.717, 1.165) is 0 Å². The van der Waals surface area contributed by atoms with Crippen molar-refractivity contribution in [1.29, 1.82) is 5.26 Å². The third-order valence-corrected chi connectivity index (χ3v) is 3.34. The summed E-state index contributed by atoms with van der Waals surface area (Å²) in [5, 5.41) is 8.90. The van der Waals surface area contributed by atoms with E-state index in [0.29, 0.717) is 28.4 Å². The van der Waals surface area contributed by atoms with Crippen LogP contribution in [-0.4, -0.2) is 26.1 Å². The van der Waals surface area contributed by atoms with Crippen LogP contribution in [0.15, 0.2) is 42.5 Å². The maximum atomic E-state index is 12.4. The van der Waals surface area contributed by atoms with Crippen LogP contribution in [-0.2, 0) is 0 Å². The number of hydrogen-bond donors (Lipinski definition) is 0. The molecule has 0 fully saturated rings. The number of rotatable bonds is 6. The first-order valence-electron chi connectivity index (χ1n) is 7.02. The molecule has 0 aromatic heterocycles. The maximum absolute atomic E-state index is 12.4. The van der Waals surface area contributed by atoms with E-state index in [1.165, 1.54) is 7.11 Å². The highest BCUT2D eigenvalue weighted by Gasteiger charge is 2.19. The Morgan fingerprint density at radius 3 is 2.30 bits per heavy atom. The number of ketones is 1. The van der Waals surface area contributed by atoms with Gasteiger partial charge in [0.25, 0.3) is 0 Å². The van der Waals surface area contributed by atoms with Gasteiger partial charge in [-0.2, -0.15) is 5.26 Å². The molecule has 0 aliphatic rings. The van der Waals surface area contributed by atoms with E-state index in [4.69, 9.17) is 19.5 Å². The van der Waals surface area contributed by atoms with Gasteiger partial charge < -0.3 is 14.2 Å². The molecule has 23 heavy (non-hydrogen) atoms. The number of carbonyl (C=O) groups is 1. The van der Waals surface area contributed by atoms with Crippen LogP contribution in [0, 0.1) is 11.3 Å². The van der Waals surface area contributed by atoms with Gasteiger partial charge >= 0.3 is 0 Å². The summed E-state index contributed by atoms with van der Waals surface area (Å²) in [6.07, 6.45) is -0.690. The lowest BCUT2D eigenvalue weighted by atomic mass is 10.1. The molecular formula is C18H17NO4. The number of methoxy groups -OCH3 is 2. The molecule has 1 atom stereocenters. The number of hydrogen-bond acceptors (Lipinski definition) is 5. The third-order valence-electron chi connectivity index (χ3n) is 3.34. The van der Waals surface area contributed by atoms with Crippen molar-refractivity contribution >= 4 is 5.78 Å². The summed E-state index contributed by atoms with van der Waals surface area (Å²) in [7, 11) is 3.05. The minimum absolute atomic E-state index is 0.154. The topological polar surface area (TPSA) is 68.5 Å². The fraction of sp³-hybridized carbons (Fsp3) is 0.222. The summed E-state index contributed by atoms with van der Waals surface area (Å²) in [5.41, 5.74) is 0.995. The normalized spacial score (nSPS) is 11.2. The molecule has 0 aliphatic heterocycles. The molecule has 118 valence electrons. The molecule has 0 aliphatic carbocycles. The smallest absolute Gasteiger partial charge is 0.203 e. The van der Waals surface area contributed by atoms with E-state index >= 15 is 0 Å². The van der Waals surface area contributed by atoms with Gasteiger partial charge in [-0.1, -0.05) is 0 Å². The zero-order valence-electron chi connectivity index (χ0n) is 13.2. The van der Waals surface area contributed by atoms with Crippen LogP contribution in [0.2, 0.25) is 0 Å². The van der Waals surface area contributed by atoms with Crippen LogP contribution in [0.4, 0.5) is 0 Å². The van der Waals surface area contributed by atoms with Gasteiger partial charge in [0.2, 0.25) is 5.78 Å². The highest BCUT2D eigenvalue weighted by molar-refractivity contribution is 5.99. The van der Waals surface area contributed by atoms with Crippen LogP contribution < -0.4 is 14.2 Å². The second kappa shape index (κ2) is 7.32. The summed E-state index contributed by atoms with van der Waals surface area (Å²) < 4.78 is 16.0. The largest absolute Gasteiger partial charge is 0.497 e. The zero-order valence-corrected chi connectivity index (χ0v) is 13.2. The van der Waals surface area contributed by atoms with Gasteiger partial charge in [-0.15, -0.1) is 0 Å². The van der Waals surface area contributed by atoms with E-state index in [9.17, 15) is 4.79 Å². The Kier molecular flexibility index (Phi) is 5.21. The molecule has 0 heterocycles. The Balaban J connectivity index is 2.16.